The molecule has 2 saturated carbocycles. The number of hydrogen-bond acceptors (Lipinski definition) is 10. The first-order valence-electron chi connectivity index (χ1n) is 13.6. The van der Waals surface area contributed by atoms with Crippen LogP contribution in [0.15, 0.2) is 46.5 Å². The van der Waals surface area contributed by atoms with Gasteiger partial charge in [-0.3, -0.25) is 19.6 Å². The molecule has 3 aliphatic rings. The Bertz CT molecular complexity index is 1390. The smallest absolute Gasteiger partial charge is 0.320 e. The number of aromatic amines is 1. The van der Waals surface area contributed by atoms with Crippen molar-refractivity contribution in [2.45, 2.75) is 48.3 Å². The fraction of sp³-hybridized carbons (Fsp3) is 0.464. The van der Waals surface area contributed by atoms with Crippen LogP contribution in [-0.4, -0.2) is 76.3 Å². The average Bonchev–Trinajstić information content (AvgIpc) is 3.80. The lowest BCUT2D eigenvalue weighted by atomic mass is 9.88. The number of carbonyl (C=O) groups excluding carboxylic acids is 2. The number of esters is 1. The second-order valence-electron chi connectivity index (χ2n) is 11.3. The van der Waals surface area contributed by atoms with Gasteiger partial charge < -0.3 is 20.3 Å². The Morgan fingerprint density at radius 3 is 2.48 bits per heavy atom. The number of hydrogen-bond donors (Lipinski definition) is 3. The highest BCUT2D eigenvalue weighted by atomic mass is 32.2. The number of rotatable bonds is 11. The number of anilines is 4. The zero-order chi connectivity index (χ0) is 27.9. The molecule has 1 saturated heterocycles. The molecule has 2 aromatic heterocycles. The molecule has 40 heavy (non-hydrogen) atoms. The summed E-state index contributed by atoms with van der Waals surface area (Å²) in [5, 5.41) is 14.1. The van der Waals surface area contributed by atoms with Gasteiger partial charge in [-0.05, 0) is 82.7 Å². The van der Waals surface area contributed by atoms with Crippen molar-refractivity contribution >= 4 is 46.8 Å². The van der Waals surface area contributed by atoms with Crippen molar-refractivity contribution in [2.75, 3.05) is 49.3 Å². The molecule has 3 aromatic rings. The van der Waals surface area contributed by atoms with E-state index in [1.165, 1.54) is 11.8 Å². The van der Waals surface area contributed by atoms with E-state index in [1.807, 2.05) is 62.3 Å². The van der Waals surface area contributed by atoms with Crippen molar-refractivity contribution in [2.24, 2.45) is 11.8 Å². The van der Waals surface area contributed by atoms with E-state index in [2.05, 4.69) is 25.7 Å². The standard InChI is InChI=1S/C28H34N8O3S/c1-17-12-23(34-33-17)30-22-13-24(36-15-28(16-36,19-6-7-19)39-25(37)14-35(2)3)32-27(31-22)40-21-10-8-20(9-11-21)29-26(38)18-4-5-18/h8-13,18-19H,4-7,14-16H2,1-3H3,(H,29,38)(H2,30,31,32,33,34). The van der Waals surface area contributed by atoms with Crippen molar-refractivity contribution < 1.29 is 14.3 Å². The van der Waals surface area contributed by atoms with Gasteiger partial charge in [0.25, 0.3) is 0 Å². The van der Waals surface area contributed by atoms with Crippen LogP contribution in [0.3, 0.4) is 0 Å². The van der Waals surface area contributed by atoms with Crippen molar-refractivity contribution in [3.8, 4) is 0 Å². The minimum atomic E-state index is -0.459. The van der Waals surface area contributed by atoms with E-state index >= 15 is 0 Å². The zero-order valence-corrected chi connectivity index (χ0v) is 23.8. The van der Waals surface area contributed by atoms with Gasteiger partial charge >= 0.3 is 5.97 Å². The summed E-state index contributed by atoms with van der Waals surface area (Å²) in [4.78, 5) is 39.1. The molecule has 6 rings (SSSR count). The Morgan fingerprint density at radius 2 is 1.85 bits per heavy atom. The van der Waals surface area contributed by atoms with Crippen LogP contribution in [-0.2, 0) is 14.3 Å². The molecule has 3 N–H and O–H groups in total. The van der Waals surface area contributed by atoms with Gasteiger partial charge in [-0.2, -0.15) is 5.10 Å². The minimum Gasteiger partial charge on any atom is -0.454 e. The van der Waals surface area contributed by atoms with E-state index in [4.69, 9.17) is 14.7 Å². The van der Waals surface area contributed by atoms with E-state index in [-0.39, 0.29) is 24.3 Å². The molecule has 1 aliphatic heterocycles. The Morgan fingerprint density at radius 1 is 1.10 bits per heavy atom. The summed E-state index contributed by atoms with van der Waals surface area (Å²) >= 11 is 1.45. The minimum absolute atomic E-state index is 0.0879. The van der Waals surface area contributed by atoms with E-state index in [1.54, 1.807) is 0 Å². The van der Waals surface area contributed by atoms with Crippen LogP contribution in [0.4, 0.5) is 23.1 Å². The van der Waals surface area contributed by atoms with Crippen molar-refractivity contribution in [1.82, 2.24) is 25.1 Å². The largest absolute Gasteiger partial charge is 0.454 e. The highest BCUT2D eigenvalue weighted by molar-refractivity contribution is 7.99. The molecule has 3 heterocycles. The average molecular weight is 563 g/mol. The number of likely N-dealkylation sites (N-methyl/N-ethyl adjacent to an activating group) is 1. The number of nitrogens with zero attached hydrogens (tertiary/aromatic N) is 5. The van der Waals surface area contributed by atoms with E-state index < -0.39 is 5.60 Å². The van der Waals surface area contributed by atoms with Crippen LogP contribution >= 0.6 is 11.8 Å². The summed E-state index contributed by atoms with van der Waals surface area (Å²) in [6.45, 7) is 3.42. The van der Waals surface area contributed by atoms with Gasteiger partial charge in [0.1, 0.15) is 17.2 Å². The van der Waals surface area contributed by atoms with Gasteiger partial charge in [0.2, 0.25) is 5.91 Å². The zero-order valence-electron chi connectivity index (χ0n) is 22.9. The molecule has 0 radical (unpaired) electrons. The Kier molecular flexibility index (Phi) is 7.13. The molecule has 1 amide bonds. The van der Waals surface area contributed by atoms with E-state index in [9.17, 15) is 9.59 Å². The number of nitrogens with one attached hydrogen (secondary N) is 3. The molecule has 12 heteroatoms. The first kappa shape index (κ1) is 26.6. The molecule has 2 aliphatic carbocycles. The lowest BCUT2D eigenvalue weighted by molar-refractivity contribution is -0.166. The summed E-state index contributed by atoms with van der Waals surface area (Å²) in [5.41, 5.74) is 1.27. The maximum absolute atomic E-state index is 12.5. The highest BCUT2D eigenvalue weighted by Crippen LogP contribution is 2.48. The summed E-state index contributed by atoms with van der Waals surface area (Å²) in [6, 6.07) is 11.5. The SMILES string of the molecule is Cc1cc(Nc2cc(N3CC(OC(=O)CN(C)C)(C4CC4)C3)nc(Sc3ccc(NC(=O)C4CC4)cc3)n2)n[nH]1. The molecule has 1 aromatic carbocycles. The number of H-pyrrole nitrogens is 1. The molecule has 11 nitrogen and oxygen atoms in total. The molecule has 0 atom stereocenters. The summed E-state index contributed by atoms with van der Waals surface area (Å²) < 4.78 is 6.04. The van der Waals surface area contributed by atoms with Crippen LogP contribution in [0.5, 0.6) is 0 Å². The van der Waals surface area contributed by atoms with Gasteiger partial charge in [0.05, 0.1) is 19.6 Å². The Labute approximate surface area is 237 Å². The number of benzene rings is 1. The Hall–Kier alpha value is -3.64. The van der Waals surface area contributed by atoms with Crippen LogP contribution in [0.1, 0.15) is 31.4 Å². The fourth-order valence-electron chi connectivity index (χ4n) is 4.89. The molecule has 3 fully saturated rings. The van der Waals surface area contributed by atoms with Crippen molar-refractivity contribution in [1.29, 1.82) is 0 Å². The number of aromatic nitrogens is 4. The molecule has 0 unspecified atom stereocenters. The van der Waals surface area contributed by atoms with Crippen LogP contribution in [0.25, 0.3) is 0 Å². The summed E-state index contributed by atoms with van der Waals surface area (Å²) in [7, 11) is 3.73. The molecule has 210 valence electrons. The Balaban J connectivity index is 1.19. The maximum atomic E-state index is 12.5. The van der Waals surface area contributed by atoms with E-state index in [0.717, 1.165) is 47.8 Å². The number of aryl methyl sites for hydroxylation is 1. The van der Waals surface area contributed by atoms with Gasteiger partial charge in [0.15, 0.2) is 11.0 Å². The van der Waals surface area contributed by atoms with E-state index in [0.29, 0.717) is 35.8 Å². The molecule has 0 spiro atoms. The van der Waals surface area contributed by atoms with Crippen LogP contribution < -0.4 is 15.5 Å². The first-order chi connectivity index (χ1) is 19.2. The van der Waals surface area contributed by atoms with Gasteiger partial charge in [-0.15, -0.1) is 0 Å². The second kappa shape index (κ2) is 10.7. The van der Waals surface area contributed by atoms with Gasteiger partial charge in [-0.25, -0.2) is 9.97 Å². The number of carbonyl (C=O) groups is 2. The number of amides is 1. The van der Waals surface area contributed by atoms with Crippen molar-refractivity contribution in [3.05, 3.63) is 42.1 Å². The maximum Gasteiger partial charge on any atom is 0.320 e. The highest BCUT2D eigenvalue weighted by Gasteiger charge is 2.56. The van der Waals surface area contributed by atoms with Gasteiger partial charge in [0, 0.05) is 40.2 Å². The third-order valence-corrected chi connectivity index (χ3v) is 8.13. The summed E-state index contributed by atoms with van der Waals surface area (Å²) in [6.07, 6.45) is 4.10. The lowest BCUT2D eigenvalue weighted by Crippen LogP contribution is -2.66. The van der Waals surface area contributed by atoms with Crippen molar-refractivity contribution in [3.63, 3.8) is 0 Å². The third kappa shape index (κ3) is 6.23. The molecule has 0 bridgehead atoms. The number of ether oxygens (including phenoxy) is 1. The van der Waals surface area contributed by atoms with Gasteiger partial charge in [-0.1, -0.05) is 0 Å². The first-order valence-corrected chi connectivity index (χ1v) is 14.4. The topological polar surface area (TPSA) is 128 Å². The molecular weight excluding hydrogens is 528 g/mol. The fourth-order valence-corrected chi connectivity index (χ4v) is 5.66. The summed E-state index contributed by atoms with van der Waals surface area (Å²) in [5.74, 6) is 2.51. The monoisotopic (exact) mass is 562 g/mol. The second-order valence-corrected chi connectivity index (χ2v) is 12.3. The lowest BCUT2D eigenvalue weighted by Gasteiger charge is -2.50. The predicted molar refractivity (Wildman–Crippen MR) is 153 cm³/mol. The normalized spacial score (nSPS) is 17.9. The van der Waals surface area contributed by atoms with Crippen LogP contribution in [0.2, 0.25) is 0 Å². The molecular formula is C28H34N8O3S. The third-order valence-electron chi connectivity index (χ3n) is 7.26. The van der Waals surface area contributed by atoms with Crippen LogP contribution in [0, 0.1) is 18.8 Å². The predicted octanol–water partition coefficient (Wildman–Crippen LogP) is 3.83. The quantitative estimate of drug-likeness (QED) is 0.234.